The van der Waals surface area contributed by atoms with E-state index >= 15 is 0 Å². The topological polar surface area (TPSA) is 21.3 Å². The fourth-order valence-corrected chi connectivity index (χ4v) is 1.82. The Labute approximate surface area is 116 Å². The third-order valence-corrected chi connectivity index (χ3v) is 3.03. The molecule has 1 N–H and O–H groups in total. The van der Waals surface area contributed by atoms with E-state index in [9.17, 15) is 0 Å². The maximum absolute atomic E-state index is 5.98. The van der Waals surface area contributed by atoms with Crippen LogP contribution in [0.2, 0.25) is 5.02 Å². The molecule has 1 aromatic rings. The first-order valence-corrected chi connectivity index (χ1v) is 6.92. The van der Waals surface area contributed by atoms with E-state index in [1.807, 2.05) is 25.1 Å². The molecule has 2 nitrogen and oxygen atoms in total. The minimum absolute atomic E-state index is 0.115. The highest BCUT2D eigenvalue weighted by Crippen LogP contribution is 2.24. The van der Waals surface area contributed by atoms with E-state index in [0.717, 1.165) is 35.8 Å². The lowest BCUT2D eigenvalue weighted by atomic mass is 9.95. The zero-order valence-corrected chi connectivity index (χ0v) is 12.6. The van der Waals surface area contributed by atoms with Gasteiger partial charge >= 0.3 is 0 Å². The summed E-state index contributed by atoms with van der Waals surface area (Å²) in [7, 11) is 0. The van der Waals surface area contributed by atoms with Crippen molar-refractivity contribution >= 4 is 11.6 Å². The molecule has 102 valence electrons. The largest absolute Gasteiger partial charge is 0.493 e. The summed E-state index contributed by atoms with van der Waals surface area (Å²) in [4.78, 5) is 0. The minimum Gasteiger partial charge on any atom is -0.493 e. The maximum Gasteiger partial charge on any atom is 0.123 e. The van der Waals surface area contributed by atoms with Gasteiger partial charge in [-0.1, -0.05) is 38.4 Å². The number of hydrogen-bond donors (Lipinski definition) is 1. The van der Waals surface area contributed by atoms with Crippen LogP contribution < -0.4 is 10.1 Å². The molecule has 3 heteroatoms. The van der Waals surface area contributed by atoms with Gasteiger partial charge in [0.1, 0.15) is 5.75 Å². The van der Waals surface area contributed by atoms with E-state index in [1.54, 1.807) is 0 Å². The van der Waals surface area contributed by atoms with Crippen molar-refractivity contribution < 1.29 is 4.74 Å². The van der Waals surface area contributed by atoms with E-state index in [2.05, 4.69) is 26.1 Å². The number of ether oxygens (including phenoxy) is 1. The van der Waals surface area contributed by atoms with Crippen molar-refractivity contribution in [3.8, 4) is 5.75 Å². The third-order valence-electron chi connectivity index (χ3n) is 2.80. The minimum atomic E-state index is 0.115. The van der Waals surface area contributed by atoms with Gasteiger partial charge in [-0.3, -0.25) is 0 Å². The van der Waals surface area contributed by atoms with E-state index in [4.69, 9.17) is 16.3 Å². The van der Waals surface area contributed by atoms with Crippen LogP contribution in [0.25, 0.3) is 0 Å². The molecule has 0 bridgehead atoms. The van der Waals surface area contributed by atoms with Crippen LogP contribution in [-0.2, 0) is 0 Å². The lowest BCUT2D eigenvalue weighted by Crippen LogP contribution is -2.34. The molecule has 0 radical (unpaired) electrons. The summed E-state index contributed by atoms with van der Waals surface area (Å²) >= 11 is 5.98. The predicted molar refractivity (Wildman–Crippen MR) is 78.6 cm³/mol. The van der Waals surface area contributed by atoms with Gasteiger partial charge in [-0.2, -0.15) is 0 Å². The molecule has 0 aliphatic rings. The average Bonchev–Trinajstić information content (AvgIpc) is 2.31. The highest BCUT2D eigenvalue weighted by Gasteiger charge is 2.18. The van der Waals surface area contributed by atoms with Gasteiger partial charge in [-0.15, -0.1) is 0 Å². The lowest BCUT2D eigenvalue weighted by molar-refractivity contribution is 0.176. The standard InChI is InChI=1S/C15H24ClNO/c1-5-8-17-10-15(3,4)11-18-14-9-13(16)7-6-12(14)2/h6-7,9,17H,5,8,10-11H2,1-4H3. The molecule has 0 aliphatic carbocycles. The Balaban J connectivity index is 2.50. The number of halogens is 1. The first-order chi connectivity index (χ1) is 8.44. The summed E-state index contributed by atoms with van der Waals surface area (Å²) in [5, 5.41) is 4.15. The summed E-state index contributed by atoms with van der Waals surface area (Å²) in [6.07, 6.45) is 1.16. The molecule has 1 aromatic carbocycles. The van der Waals surface area contributed by atoms with Crippen molar-refractivity contribution in [3.63, 3.8) is 0 Å². The molecule has 0 heterocycles. The van der Waals surface area contributed by atoms with Crippen molar-refractivity contribution in [2.24, 2.45) is 5.41 Å². The molecule has 0 aliphatic heterocycles. The molecule has 18 heavy (non-hydrogen) atoms. The second kappa shape index (κ2) is 7.01. The summed E-state index contributed by atoms with van der Waals surface area (Å²) in [5.74, 6) is 0.881. The van der Waals surface area contributed by atoms with Gasteiger partial charge in [-0.05, 0) is 37.6 Å². The number of rotatable bonds is 7. The van der Waals surface area contributed by atoms with Gasteiger partial charge < -0.3 is 10.1 Å². The van der Waals surface area contributed by atoms with Crippen molar-refractivity contribution in [1.82, 2.24) is 5.32 Å². The third kappa shape index (κ3) is 5.28. The first kappa shape index (κ1) is 15.3. The summed E-state index contributed by atoms with van der Waals surface area (Å²) in [6.45, 7) is 11.3. The van der Waals surface area contributed by atoms with E-state index in [-0.39, 0.29) is 5.41 Å². The molecular weight excluding hydrogens is 246 g/mol. The van der Waals surface area contributed by atoms with Gasteiger partial charge in [0.05, 0.1) is 6.61 Å². The molecule has 0 aromatic heterocycles. The average molecular weight is 270 g/mol. The fourth-order valence-electron chi connectivity index (χ4n) is 1.66. The number of hydrogen-bond acceptors (Lipinski definition) is 2. The fraction of sp³-hybridized carbons (Fsp3) is 0.600. The number of benzene rings is 1. The van der Waals surface area contributed by atoms with Gasteiger partial charge in [0, 0.05) is 17.0 Å². The molecule has 0 atom stereocenters. The molecule has 0 saturated carbocycles. The Bertz CT molecular complexity index is 377. The molecule has 1 rings (SSSR count). The van der Waals surface area contributed by atoms with Crippen LogP contribution in [0.15, 0.2) is 18.2 Å². The van der Waals surface area contributed by atoms with Crippen LogP contribution in [0.1, 0.15) is 32.8 Å². The summed E-state index contributed by atoms with van der Waals surface area (Å²) in [6, 6.07) is 5.75. The SMILES string of the molecule is CCCNCC(C)(C)COc1cc(Cl)ccc1C. The Morgan fingerprint density at radius 2 is 2.06 bits per heavy atom. The normalized spacial score (nSPS) is 11.6. The van der Waals surface area contributed by atoms with E-state index in [0.29, 0.717) is 6.61 Å². The second-order valence-electron chi connectivity index (χ2n) is 5.54. The smallest absolute Gasteiger partial charge is 0.123 e. The molecule has 0 saturated heterocycles. The van der Waals surface area contributed by atoms with Crippen LogP contribution in [-0.4, -0.2) is 19.7 Å². The quantitative estimate of drug-likeness (QED) is 0.754. The van der Waals surface area contributed by atoms with Crippen LogP contribution in [0.5, 0.6) is 5.75 Å². The van der Waals surface area contributed by atoms with Crippen LogP contribution in [0, 0.1) is 12.3 Å². The Morgan fingerprint density at radius 3 is 2.72 bits per heavy atom. The van der Waals surface area contributed by atoms with Crippen molar-refractivity contribution in [2.45, 2.75) is 34.1 Å². The lowest BCUT2D eigenvalue weighted by Gasteiger charge is -2.25. The highest BCUT2D eigenvalue weighted by atomic mass is 35.5. The van der Waals surface area contributed by atoms with Crippen molar-refractivity contribution in [3.05, 3.63) is 28.8 Å². The van der Waals surface area contributed by atoms with Crippen molar-refractivity contribution in [2.75, 3.05) is 19.7 Å². The van der Waals surface area contributed by atoms with Crippen LogP contribution in [0.4, 0.5) is 0 Å². The highest BCUT2D eigenvalue weighted by molar-refractivity contribution is 6.30. The van der Waals surface area contributed by atoms with Gasteiger partial charge in [0.2, 0.25) is 0 Å². The van der Waals surface area contributed by atoms with Gasteiger partial charge in [0.25, 0.3) is 0 Å². The van der Waals surface area contributed by atoms with Crippen molar-refractivity contribution in [1.29, 1.82) is 0 Å². The first-order valence-electron chi connectivity index (χ1n) is 6.54. The monoisotopic (exact) mass is 269 g/mol. The number of nitrogens with one attached hydrogen (secondary N) is 1. The van der Waals surface area contributed by atoms with E-state index < -0.39 is 0 Å². The van der Waals surface area contributed by atoms with Crippen LogP contribution in [0.3, 0.4) is 0 Å². The molecule has 0 fully saturated rings. The zero-order chi connectivity index (χ0) is 13.6. The Hall–Kier alpha value is -0.730. The Morgan fingerprint density at radius 1 is 1.33 bits per heavy atom. The van der Waals surface area contributed by atoms with E-state index in [1.165, 1.54) is 0 Å². The Kier molecular flexibility index (Phi) is 5.97. The molecule has 0 spiro atoms. The predicted octanol–water partition coefficient (Wildman–Crippen LogP) is 4.05. The number of aryl methyl sites for hydroxylation is 1. The maximum atomic E-state index is 5.98. The summed E-state index contributed by atoms with van der Waals surface area (Å²) < 4.78 is 5.89. The molecule has 0 unspecified atom stereocenters. The zero-order valence-electron chi connectivity index (χ0n) is 11.8. The molecular formula is C15H24ClNO. The van der Waals surface area contributed by atoms with Gasteiger partial charge in [0.15, 0.2) is 0 Å². The summed E-state index contributed by atoms with van der Waals surface area (Å²) in [5.41, 5.74) is 1.24. The van der Waals surface area contributed by atoms with Crippen LogP contribution >= 0.6 is 11.6 Å². The second-order valence-corrected chi connectivity index (χ2v) is 5.98. The molecule has 0 amide bonds. The van der Waals surface area contributed by atoms with Gasteiger partial charge in [-0.25, -0.2) is 0 Å².